The predicted octanol–water partition coefficient (Wildman–Crippen LogP) is 1.58. The smallest absolute Gasteiger partial charge is 0.238 e. The van der Waals surface area contributed by atoms with Crippen LogP contribution in [0.25, 0.3) is 0 Å². The van der Waals surface area contributed by atoms with Crippen molar-refractivity contribution in [2.75, 3.05) is 37.3 Å². The summed E-state index contributed by atoms with van der Waals surface area (Å²) in [6, 6.07) is 5.02. The van der Waals surface area contributed by atoms with Crippen molar-refractivity contribution < 1.29 is 9.53 Å². The van der Waals surface area contributed by atoms with Gasteiger partial charge in [-0.1, -0.05) is 11.6 Å². The highest BCUT2D eigenvalue weighted by atomic mass is 35.5. The van der Waals surface area contributed by atoms with Gasteiger partial charge < -0.3 is 15.8 Å². The molecule has 19 heavy (non-hydrogen) atoms. The third-order valence-electron chi connectivity index (χ3n) is 2.98. The third-order valence-corrected chi connectivity index (χ3v) is 3.22. The van der Waals surface area contributed by atoms with E-state index >= 15 is 0 Å². The Balaban J connectivity index is 1.90. The summed E-state index contributed by atoms with van der Waals surface area (Å²) in [4.78, 5) is 14.0. The van der Waals surface area contributed by atoms with Crippen molar-refractivity contribution in [3.05, 3.63) is 23.2 Å². The van der Waals surface area contributed by atoms with Gasteiger partial charge >= 0.3 is 0 Å². The number of carbonyl (C=O) groups is 1. The van der Waals surface area contributed by atoms with Gasteiger partial charge in [0.2, 0.25) is 5.91 Å². The van der Waals surface area contributed by atoms with Crippen LogP contribution in [0, 0.1) is 0 Å². The SMILES string of the molecule is CC1CN(CC(=O)Nc2ccc(Cl)cc2N)CCO1. The number of nitrogens with zero attached hydrogens (tertiary/aromatic N) is 1. The maximum absolute atomic E-state index is 11.9. The standard InChI is InChI=1S/C13H18ClN3O2/c1-9-7-17(4-5-19-9)8-13(18)16-12-3-2-10(14)6-11(12)15/h2-3,6,9H,4-5,7-8,15H2,1H3,(H,16,18). The number of carbonyl (C=O) groups excluding carboxylic acids is 1. The van der Waals surface area contributed by atoms with Crippen molar-refractivity contribution in [3.63, 3.8) is 0 Å². The Morgan fingerprint density at radius 1 is 1.63 bits per heavy atom. The van der Waals surface area contributed by atoms with E-state index in [0.29, 0.717) is 29.5 Å². The van der Waals surface area contributed by atoms with E-state index in [-0.39, 0.29) is 12.0 Å². The lowest BCUT2D eigenvalue weighted by atomic mass is 10.2. The lowest BCUT2D eigenvalue weighted by molar-refractivity contribution is -0.119. The molecule has 5 nitrogen and oxygen atoms in total. The van der Waals surface area contributed by atoms with Gasteiger partial charge in [0.25, 0.3) is 0 Å². The summed E-state index contributed by atoms with van der Waals surface area (Å²) in [5, 5.41) is 3.35. The summed E-state index contributed by atoms with van der Waals surface area (Å²) in [6.45, 7) is 4.55. The molecule has 1 aromatic rings. The van der Waals surface area contributed by atoms with E-state index in [1.165, 1.54) is 0 Å². The van der Waals surface area contributed by atoms with Crippen LogP contribution in [-0.4, -0.2) is 43.2 Å². The normalized spacial score (nSPS) is 20.2. The number of rotatable bonds is 3. The van der Waals surface area contributed by atoms with Gasteiger partial charge in [-0.15, -0.1) is 0 Å². The van der Waals surface area contributed by atoms with Crippen LogP contribution in [0.5, 0.6) is 0 Å². The van der Waals surface area contributed by atoms with Crippen molar-refractivity contribution >= 4 is 28.9 Å². The van der Waals surface area contributed by atoms with Crippen LogP contribution >= 0.6 is 11.6 Å². The summed E-state index contributed by atoms with van der Waals surface area (Å²) < 4.78 is 5.43. The van der Waals surface area contributed by atoms with E-state index in [2.05, 4.69) is 10.2 Å². The molecule has 0 saturated carbocycles. The predicted molar refractivity (Wildman–Crippen MR) is 76.3 cm³/mol. The molecule has 2 rings (SSSR count). The Labute approximate surface area is 117 Å². The second-order valence-electron chi connectivity index (χ2n) is 4.70. The second kappa shape index (κ2) is 6.23. The molecule has 1 saturated heterocycles. The molecule has 1 atom stereocenters. The molecule has 0 aromatic heterocycles. The Kier molecular flexibility index (Phi) is 4.63. The largest absolute Gasteiger partial charge is 0.397 e. The van der Waals surface area contributed by atoms with E-state index in [1.807, 2.05) is 6.92 Å². The van der Waals surface area contributed by atoms with Crippen LogP contribution in [0.4, 0.5) is 11.4 Å². The number of hydrogen-bond donors (Lipinski definition) is 2. The van der Waals surface area contributed by atoms with Gasteiger partial charge in [-0.05, 0) is 25.1 Å². The average molecular weight is 284 g/mol. The van der Waals surface area contributed by atoms with Gasteiger partial charge in [0, 0.05) is 18.1 Å². The number of hydrogen-bond acceptors (Lipinski definition) is 4. The minimum atomic E-state index is -0.0804. The number of benzene rings is 1. The van der Waals surface area contributed by atoms with Crippen molar-refractivity contribution in [2.45, 2.75) is 13.0 Å². The molecule has 1 heterocycles. The Morgan fingerprint density at radius 3 is 3.11 bits per heavy atom. The molecule has 3 N–H and O–H groups in total. The Bertz CT molecular complexity index is 467. The highest BCUT2D eigenvalue weighted by Crippen LogP contribution is 2.22. The van der Waals surface area contributed by atoms with Crippen LogP contribution in [0.3, 0.4) is 0 Å². The van der Waals surface area contributed by atoms with Gasteiger partial charge in [0.15, 0.2) is 0 Å². The topological polar surface area (TPSA) is 67.6 Å². The van der Waals surface area contributed by atoms with E-state index < -0.39 is 0 Å². The Hall–Kier alpha value is -1.30. The van der Waals surface area contributed by atoms with Gasteiger partial charge in [-0.2, -0.15) is 0 Å². The highest BCUT2D eigenvalue weighted by molar-refractivity contribution is 6.31. The average Bonchev–Trinajstić information content (AvgIpc) is 2.33. The maximum Gasteiger partial charge on any atom is 0.238 e. The monoisotopic (exact) mass is 283 g/mol. The van der Waals surface area contributed by atoms with Gasteiger partial charge in [0.05, 0.1) is 30.6 Å². The fourth-order valence-corrected chi connectivity index (χ4v) is 2.25. The van der Waals surface area contributed by atoms with Crippen molar-refractivity contribution in [1.29, 1.82) is 0 Å². The molecule has 1 fully saturated rings. The molecule has 1 aliphatic rings. The first kappa shape index (κ1) is 14.1. The van der Waals surface area contributed by atoms with E-state index in [4.69, 9.17) is 22.1 Å². The molecule has 1 aromatic carbocycles. The van der Waals surface area contributed by atoms with Crippen LogP contribution in [-0.2, 0) is 9.53 Å². The van der Waals surface area contributed by atoms with Crippen molar-refractivity contribution in [3.8, 4) is 0 Å². The first-order chi connectivity index (χ1) is 9.04. The van der Waals surface area contributed by atoms with Crippen LogP contribution in [0.1, 0.15) is 6.92 Å². The van der Waals surface area contributed by atoms with Gasteiger partial charge in [-0.3, -0.25) is 9.69 Å². The quantitative estimate of drug-likeness (QED) is 0.827. The molecule has 0 bridgehead atoms. The number of morpholine rings is 1. The minimum absolute atomic E-state index is 0.0804. The number of nitrogens with one attached hydrogen (secondary N) is 1. The number of halogens is 1. The fraction of sp³-hybridized carbons (Fsp3) is 0.462. The zero-order chi connectivity index (χ0) is 13.8. The summed E-state index contributed by atoms with van der Waals surface area (Å²) in [7, 11) is 0. The fourth-order valence-electron chi connectivity index (χ4n) is 2.07. The molecule has 1 amide bonds. The number of anilines is 2. The molecule has 0 aliphatic carbocycles. The molecular weight excluding hydrogens is 266 g/mol. The van der Waals surface area contributed by atoms with Crippen LogP contribution in [0.2, 0.25) is 5.02 Å². The lowest BCUT2D eigenvalue weighted by Gasteiger charge is -2.30. The molecule has 6 heteroatoms. The third kappa shape index (κ3) is 4.09. The van der Waals surface area contributed by atoms with E-state index in [9.17, 15) is 4.79 Å². The van der Waals surface area contributed by atoms with Crippen molar-refractivity contribution in [1.82, 2.24) is 4.90 Å². The molecule has 0 spiro atoms. The van der Waals surface area contributed by atoms with Crippen molar-refractivity contribution in [2.24, 2.45) is 0 Å². The zero-order valence-electron chi connectivity index (χ0n) is 10.9. The van der Waals surface area contributed by atoms with Crippen LogP contribution in [0.15, 0.2) is 18.2 Å². The Morgan fingerprint density at radius 2 is 2.42 bits per heavy atom. The number of nitrogens with two attached hydrogens (primary N) is 1. The van der Waals surface area contributed by atoms with Gasteiger partial charge in [0.1, 0.15) is 0 Å². The molecule has 0 radical (unpaired) electrons. The number of ether oxygens (including phenoxy) is 1. The highest BCUT2D eigenvalue weighted by Gasteiger charge is 2.19. The summed E-state index contributed by atoms with van der Waals surface area (Å²) in [5.41, 5.74) is 6.85. The minimum Gasteiger partial charge on any atom is -0.397 e. The first-order valence-corrected chi connectivity index (χ1v) is 6.61. The molecule has 1 aliphatic heterocycles. The summed E-state index contributed by atoms with van der Waals surface area (Å²) in [5.74, 6) is -0.0804. The number of amides is 1. The zero-order valence-corrected chi connectivity index (χ0v) is 11.6. The van der Waals surface area contributed by atoms with E-state index in [0.717, 1.165) is 13.1 Å². The molecular formula is C13H18ClN3O2. The maximum atomic E-state index is 11.9. The molecule has 104 valence electrons. The summed E-state index contributed by atoms with van der Waals surface area (Å²) in [6.07, 6.45) is 0.169. The van der Waals surface area contributed by atoms with Crippen LogP contribution < -0.4 is 11.1 Å². The second-order valence-corrected chi connectivity index (χ2v) is 5.13. The van der Waals surface area contributed by atoms with E-state index in [1.54, 1.807) is 18.2 Å². The number of nitrogen functional groups attached to an aromatic ring is 1. The first-order valence-electron chi connectivity index (χ1n) is 6.23. The molecule has 1 unspecified atom stereocenters. The lowest BCUT2D eigenvalue weighted by Crippen LogP contribution is -2.44. The summed E-state index contributed by atoms with van der Waals surface area (Å²) >= 11 is 5.81. The van der Waals surface area contributed by atoms with Gasteiger partial charge in [-0.25, -0.2) is 0 Å².